The molecule has 4 rings (SSSR count). The highest BCUT2D eigenvalue weighted by Crippen LogP contribution is 2.33. The van der Waals surface area contributed by atoms with Crippen molar-refractivity contribution >= 4 is 23.2 Å². The van der Waals surface area contributed by atoms with Crippen molar-refractivity contribution in [3.63, 3.8) is 0 Å². The van der Waals surface area contributed by atoms with Crippen molar-refractivity contribution in [1.29, 1.82) is 0 Å². The van der Waals surface area contributed by atoms with Gasteiger partial charge in [0.2, 0.25) is 11.8 Å². The zero-order valence-electron chi connectivity index (χ0n) is 19.9. The molecule has 2 aliphatic rings. The molecule has 1 atom stereocenters. The summed E-state index contributed by atoms with van der Waals surface area (Å²) in [7, 11) is 3.95. The van der Waals surface area contributed by atoms with E-state index >= 15 is 0 Å². The summed E-state index contributed by atoms with van der Waals surface area (Å²) in [5.41, 5.74) is 2.98. The first-order valence-electron chi connectivity index (χ1n) is 12.0. The number of fused-ring (bicyclic) bond motifs is 1. The van der Waals surface area contributed by atoms with Crippen LogP contribution in [0.15, 0.2) is 42.5 Å². The highest BCUT2D eigenvalue weighted by atomic mass is 19.1. The fourth-order valence-electron chi connectivity index (χ4n) is 4.83. The van der Waals surface area contributed by atoms with Crippen molar-refractivity contribution < 1.29 is 14.0 Å². The molecule has 2 amide bonds. The Morgan fingerprint density at radius 1 is 1.12 bits per heavy atom. The van der Waals surface area contributed by atoms with Crippen molar-refractivity contribution in [3.05, 3.63) is 59.4 Å². The van der Waals surface area contributed by atoms with Gasteiger partial charge < -0.3 is 26.2 Å². The van der Waals surface area contributed by atoms with Gasteiger partial charge in [-0.25, -0.2) is 4.39 Å². The third-order valence-electron chi connectivity index (χ3n) is 6.86. The first kappa shape index (κ1) is 24.0. The second-order valence-corrected chi connectivity index (χ2v) is 9.47. The number of hydrogen-bond acceptors (Lipinski definition) is 5. The number of nitrogens with zero attached hydrogens (tertiary/aromatic N) is 1. The van der Waals surface area contributed by atoms with E-state index in [1.54, 1.807) is 12.1 Å². The number of carbonyl (C=O) groups excluding carboxylic acids is 2. The van der Waals surface area contributed by atoms with Gasteiger partial charge in [-0.15, -0.1) is 0 Å². The van der Waals surface area contributed by atoms with Crippen LogP contribution in [0.2, 0.25) is 0 Å². The molecular weight excluding hydrogens is 433 g/mol. The maximum absolute atomic E-state index is 13.7. The van der Waals surface area contributed by atoms with Gasteiger partial charge in [0, 0.05) is 44.5 Å². The summed E-state index contributed by atoms with van der Waals surface area (Å²) in [6.07, 6.45) is 2.02. The average Bonchev–Trinajstić information content (AvgIpc) is 3.21. The van der Waals surface area contributed by atoms with Crippen LogP contribution in [0.5, 0.6) is 0 Å². The quantitative estimate of drug-likeness (QED) is 0.479. The Balaban J connectivity index is 1.34. The van der Waals surface area contributed by atoms with Gasteiger partial charge in [-0.1, -0.05) is 12.1 Å². The molecule has 8 heteroatoms. The second-order valence-electron chi connectivity index (χ2n) is 9.47. The zero-order chi connectivity index (χ0) is 24.1. The van der Waals surface area contributed by atoms with Crippen molar-refractivity contribution in [3.8, 4) is 0 Å². The standard InChI is InChI=1S/C26H34FN5O2/c1-32(2)21-6-3-18(4-7-21)15-24(33)31-26(10-13-28-14-11-26)25(34)29-12-9-19-17-30-23-8-5-20(27)16-22(19)23/h3-8,16,19,28,30H,9-15,17H2,1-2H3,(H,29,34)(H,31,33). The molecular formula is C26H34FN5O2. The lowest BCUT2D eigenvalue weighted by molar-refractivity contribution is -0.134. The molecule has 1 saturated heterocycles. The normalized spacial score (nSPS) is 18.5. The lowest BCUT2D eigenvalue weighted by Gasteiger charge is -2.37. The van der Waals surface area contributed by atoms with Crippen LogP contribution in [0.3, 0.4) is 0 Å². The number of amides is 2. The Morgan fingerprint density at radius 2 is 1.85 bits per heavy atom. The molecule has 4 N–H and O–H groups in total. The summed E-state index contributed by atoms with van der Waals surface area (Å²) in [5.74, 6) is -0.395. The van der Waals surface area contributed by atoms with E-state index in [9.17, 15) is 14.0 Å². The smallest absolute Gasteiger partial charge is 0.245 e. The molecule has 0 saturated carbocycles. The molecule has 1 fully saturated rings. The number of hydrogen-bond donors (Lipinski definition) is 4. The Labute approximate surface area is 200 Å². The van der Waals surface area contributed by atoms with Crippen LogP contribution in [-0.2, 0) is 16.0 Å². The molecule has 0 radical (unpaired) electrons. The number of piperidine rings is 1. The van der Waals surface area contributed by atoms with Gasteiger partial charge in [0.05, 0.1) is 6.42 Å². The molecule has 0 aliphatic carbocycles. The van der Waals surface area contributed by atoms with Crippen molar-refractivity contribution in [2.45, 2.75) is 37.1 Å². The molecule has 0 spiro atoms. The van der Waals surface area contributed by atoms with E-state index in [4.69, 9.17) is 0 Å². The van der Waals surface area contributed by atoms with Crippen LogP contribution in [0.1, 0.15) is 36.3 Å². The first-order valence-corrected chi connectivity index (χ1v) is 12.0. The van der Waals surface area contributed by atoms with Gasteiger partial charge in [-0.2, -0.15) is 0 Å². The van der Waals surface area contributed by atoms with E-state index in [1.807, 2.05) is 43.3 Å². The Bertz CT molecular complexity index is 1020. The fraction of sp³-hybridized carbons (Fsp3) is 0.462. The monoisotopic (exact) mass is 467 g/mol. The largest absolute Gasteiger partial charge is 0.384 e. The molecule has 0 aromatic heterocycles. The van der Waals surface area contributed by atoms with Crippen LogP contribution < -0.4 is 26.2 Å². The van der Waals surface area contributed by atoms with Crippen LogP contribution in [0.4, 0.5) is 15.8 Å². The molecule has 2 aromatic rings. The number of benzene rings is 2. The summed E-state index contributed by atoms with van der Waals surface area (Å²) in [5, 5.41) is 12.7. The molecule has 7 nitrogen and oxygen atoms in total. The minimum Gasteiger partial charge on any atom is -0.384 e. The average molecular weight is 468 g/mol. The topological polar surface area (TPSA) is 85.5 Å². The molecule has 182 valence electrons. The molecule has 2 heterocycles. The van der Waals surface area contributed by atoms with E-state index in [1.165, 1.54) is 6.07 Å². The van der Waals surface area contributed by atoms with Gasteiger partial charge in [0.25, 0.3) is 0 Å². The molecule has 2 aromatic carbocycles. The maximum atomic E-state index is 13.7. The summed E-state index contributed by atoms with van der Waals surface area (Å²) in [6, 6.07) is 12.6. The Morgan fingerprint density at radius 3 is 2.56 bits per heavy atom. The Kier molecular flexibility index (Phi) is 7.36. The van der Waals surface area contributed by atoms with Gasteiger partial charge in [-0.05, 0) is 73.8 Å². The van der Waals surface area contributed by atoms with Gasteiger partial charge in [0.1, 0.15) is 11.4 Å². The number of rotatable bonds is 8. The van der Waals surface area contributed by atoms with E-state index < -0.39 is 5.54 Å². The third-order valence-corrected chi connectivity index (χ3v) is 6.86. The SMILES string of the molecule is CN(C)c1ccc(CC(=O)NC2(C(=O)NCCC3CNc4ccc(F)cc43)CCNCC2)cc1. The summed E-state index contributed by atoms with van der Waals surface area (Å²) in [6.45, 7) is 2.54. The van der Waals surface area contributed by atoms with Crippen molar-refractivity contribution in [1.82, 2.24) is 16.0 Å². The first-order chi connectivity index (χ1) is 16.4. The molecule has 34 heavy (non-hydrogen) atoms. The second kappa shape index (κ2) is 10.4. The van der Waals surface area contributed by atoms with E-state index in [2.05, 4.69) is 21.3 Å². The molecule has 1 unspecified atom stereocenters. The zero-order valence-corrected chi connectivity index (χ0v) is 19.9. The number of carbonyl (C=O) groups is 2. The van der Waals surface area contributed by atoms with Gasteiger partial charge >= 0.3 is 0 Å². The third kappa shape index (κ3) is 5.50. The number of nitrogens with one attached hydrogen (secondary N) is 4. The minimum atomic E-state index is -0.913. The van der Waals surface area contributed by atoms with E-state index in [0.29, 0.717) is 38.9 Å². The van der Waals surface area contributed by atoms with Crippen LogP contribution >= 0.6 is 0 Å². The van der Waals surface area contributed by atoms with Crippen LogP contribution in [0, 0.1) is 5.82 Å². The maximum Gasteiger partial charge on any atom is 0.245 e. The van der Waals surface area contributed by atoms with Crippen molar-refractivity contribution in [2.24, 2.45) is 0 Å². The highest BCUT2D eigenvalue weighted by molar-refractivity contribution is 5.92. The van der Waals surface area contributed by atoms with E-state index in [-0.39, 0.29) is 30.0 Å². The fourth-order valence-corrected chi connectivity index (χ4v) is 4.83. The summed E-state index contributed by atoms with van der Waals surface area (Å²) in [4.78, 5) is 28.2. The molecule has 0 bridgehead atoms. The summed E-state index contributed by atoms with van der Waals surface area (Å²) >= 11 is 0. The van der Waals surface area contributed by atoms with Gasteiger partial charge in [0.15, 0.2) is 0 Å². The number of anilines is 2. The van der Waals surface area contributed by atoms with Crippen molar-refractivity contribution in [2.75, 3.05) is 50.5 Å². The number of halogens is 1. The van der Waals surface area contributed by atoms with Gasteiger partial charge in [-0.3, -0.25) is 9.59 Å². The lowest BCUT2D eigenvalue weighted by atomic mass is 9.86. The minimum absolute atomic E-state index is 0.143. The van der Waals surface area contributed by atoms with Crippen LogP contribution in [0.25, 0.3) is 0 Å². The predicted molar refractivity (Wildman–Crippen MR) is 133 cm³/mol. The van der Waals surface area contributed by atoms with Crippen LogP contribution in [-0.4, -0.2) is 57.6 Å². The molecule has 2 aliphatic heterocycles. The Hall–Kier alpha value is -3.13. The summed E-state index contributed by atoms with van der Waals surface area (Å²) < 4.78 is 13.7. The lowest BCUT2D eigenvalue weighted by Crippen LogP contribution is -2.63. The predicted octanol–water partition coefficient (Wildman–Crippen LogP) is 2.39. The van der Waals surface area contributed by atoms with E-state index in [0.717, 1.165) is 29.0 Å². The highest BCUT2D eigenvalue weighted by Gasteiger charge is 2.40.